The van der Waals surface area contributed by atoms with E-state index >= 15 is 0 Å². The molecule has 0 bridgehead atoms. The van der Waals surface area contributed by atoms with Crippen LogP contribution in [-0.4, -0.2) is 46.6 Å². The van der Waals surface area contributed by atoms with Gasteiger partial charge in [-0.2, -0.15) is 0 Å². The molecule has 0 unspecified atom stereocenters. The normalized spacial score (nSPS) is 43.7. The van der Waals surface area contributed by atoms with Gasteiger partial charge >= 0.3 is 6.09 Å². The maximum Gasteiger partial charge on any atom is 0.407 e. The summed E-state index contributed by atoms with van der Waals surface area (Å²) in [6.07, 6.45) is -2.72. The van der Waals surface area contributed by atoms with Crippen LogP contribution >= 0.6 is 0 Å². The number of hydrogen-bond acceptors (Lipinski definition) is 2. The predicted octanol–water partition coefficient (Wildman–Crippen LogP) is 0.315. The van der Waals surface area contributed by atoms with E-state index < -0.39 is 18.4 Å². The highest BCUT2D eigenvalue weighted by Crippen LogP contribution is 2.39. The van der Waals surface area contributed by atoms with Crippen molar-refractivity contribution < 1.29 is 19.4 Å². The zero-order chi connectivity index (χ0) is 9.59. The molecule has 2 aliphatic rings. The number of nitrogens with zero attached hydrogens (tertiary/aromatic N) is 1. The Morgan fingerprint density at radius 1 is 1.46 bits per heavy atom. The molecule has 0 aromatic carbocycles. The van der Waals surface area contributed by atoms with Crippen molar-refractivity contribution in [3.05, 3.63) is 0 Å². The van der Waals surface area contributed by atoms with Crippen LogP contribution in [0.4, 0.5) is 9.18 Å². The predicted molar refractivity (Wildman–Crippen MR) is 42.1 cm³/mol. The third-order valence-corrected chi connectivity index (χ3v) is 3.08. The number of halogens is 1. The zero-order valence-electron chi connectivity index (χ0n) is 7.06. The van der Waals surface area contributed by atoms with Gasteiger partial charge < -0.3 is 15.1 Å². The Balaban J connectivity index is 2.04. The quantitative estimate of drug-likeness (QED) is 0.576. The van der Waals surface area contributed by atoms with Gasteiger partial charge in [0.25, 0.3) is 0 Å². The first-order valence-corrected chi connectivity index (χ1v) is 4.39. The minimum Gasteiger partial charge on any atom is -0.465 e. The minimum atomic E-state index is -1.24. The van der Waals surface area contributed by atoms with Gasteiger partial charge in [-0.3, -0.25) is 0 Å². The number of aliphatic hydroxyl groups excluding tert-OH is 1. The van der Waals surface area contributed by atoms with Crippen LogP contribution < -0.4 is 0 Å². The molecule has 13 heavy (non-hydrogen) atoms. The fraction of sp³-hybridized carbons (Fsp3) is 0.875. The van der Waals surface area contributed by atoms with Crippen molar-refractivity contribution >= 4 is 6.09 Å². The summed E-state index contributed by atoms with van der Waals surface area (Å²) in [5.41, 5.74) is 0. The standard InChI is InChI=1S/C8H12FNO3/c9-7-5-3-10(8(12)13)2-4(5)1-6(7)11/h4-7,11H,1-3H2,(H,12,13)/t4-,5+,6-,7-/m0/s1. The molecule has 0 spiro atoms. The topological polar surface area (TPSA) is 60.8 Å². The lowest BCUT2D eigenvalue weighted by atomic mass is 10.0. The van der Waals surface area contributed by atoms with Crippen LogP contribution in [0.25, 0.3) is 0 Å². The molecule has 0 radical (unpaired) electrons. The second-order valence-electron chi connectivity index (χ2n) is 3.86. The number of likely N-dealkylation sites (tertiary alicyclic amines) is 1. The van der Waals surface area contributed by atoms with E-state index in [-0.39, 0.29) is 18.4 Å². The molecule has 1 saturated carbocycles. The number of carbonyl (C=O) groups is 1. The summed E-state index contributed by atoms with van der Waals surface area (Å²) in [5.74, 6) is -0.271. The van der Waals surface area contributed by atoms with E-state index in [0.717, 1.165) is 0 Å². The molecule has 0 aromatic heterocycles. The summed E-state index contributed by atoms with van der Waals surface area (Å²) in [7, 11) is 0. The molecule has 5 heteroatoms. The average molecular weight is 189 g/mol. The van der Waals surface area contributed by atoms with Crippen molar-refractivity contribution in [3.8, 4) is 0 Å². The van der Waals surface area contributed by atoms with Gasteiger partial charge in [-0.25, -0.2) is 9.18 Å². The lowest BCUT2D eigenvalue weighted by Crippen LogP contribution is -2.31. The maximum absolute atomic E-state index is 13.2. The number of fused-ring (bicyclic) bond motifs is 1. The number of aliphatic hydroxyl groups is 1. The highest BCUT2D eigenvalue weighted by molar-refractivity contribution is 5.65. The Labute approximate surface area is 75.0 Å². The zero-order valence-corrected chi connectivity index (χ0v) is 7.06. The van der Waals surface area contributed by atoms with E-state index in [0.29, 0.717) is 13.0 Å². The number of carboxylic acid groups (broad SMARTS) is 1. The summed E-state index contributed by atoms with van der Waals surface area (Å²) in [4.78, 5) is 11.8. The SMILES string of the molecule is O=C(O)N1C[C@@H]2C[C@H](O)[C@@H](F)[C@@H]2C1. The number of rotatable bonds is 0. The highest BCUT2D eigenvalue weighted by Gasteiger charge is 2.49. The molecule has 2 fully saturated rings. The summed E-state index contributed by atoms with van der Waals surface area (Å²) >= 11 is 0. The maximum atomic E-state index is 13.2. The minimum absolute atomic E-state index is 0.0149. The van der Waals surface area contributed by atoms with Crippen LogP contribution in [0.2, 0.25) is 0 Å². The molecule has 1 aliphatic carbocycles. The molecular weight excluding hydrogens is 177 g/mol. The van der Waals surface area contributed by atoms with E-state index in [1.54, 1.807) is 0 Å². The third kappa shape index (κ3) is 1.27. The number of hydrogen-bond donors (Lipinski definition) is 2. The van der Waals surface area contributed by atoms with Gasteiger partial charge in [0.2, 0.25) is 0 Å². The Kier molecular flexibility index (Phi) is 1.91. The molecule has 1 saturated heterocycles. The van der Waals surface area contributed by atoms with E-state index in [2.05, 4.69) is 0 Å². The van der Waals surface area contributed by atoms with E-state index in [1.807, 2.05) is 0 Å². The molecule has 2 rings (SSSR count). The van der Waals surface area contributed by atoms with Gasteiger partial charge in [0.05, 0.1) is 6.10 Å². The largest absolute Gasteiger partial charge is 0.465 e. The van der Waals surface area contributed by atoms with Gasteiger partial charge in [-0.1, -0.05) is 0 Å². The Bertz CT molecular complexity index is 235. The molecule has 1 aliphatic heterocycles. The summed E-state index contributed by atoms with van der Waals surface area (Å²) in [5, 5.41) is 17.8. The first kappa shape index (κ1) is 8.74. The Hall–Kier alpha value is -0.840. The smallest absolute Gasteiger partial charge is 0.407 e. The average Bonchev–Trinajstić information content (AvgIpc) is 2.55. The van der Waals surface area contributed by atoms with Crippen LogP contribution in [0.15, 0.2) is 0 Å². The Morgan fingerprint density at radius 2 is 2.15 bits per heavy atom. The fourth-order valence-corrected chi connectivity index (χ4v) is 2.39. The van der Waals surface area contributed by atoms with Crippen molar-refractivity contribution in [2.75, 3.05) is 13.1 Å². The van der Waals surface area contributed by atoms with Crippen molar-refractivity contribution in [2.45, 2.75) is 18.7 Å². The van der Waals surface area contributed by atoms with Crippen molar-refractivity contribution in [2.24, 2.45) is 11.8 Å². The van der Waals surface area contributed by atoms with Crippen molar-refractivity contribution in [1.29, 1.82) is 0 Å². The molecular formula is C8H12FNO3. The van der Waals surface area contributed by atoms with Crippen molar-refractivity contribution in [3.63, 3.8) is 0 Å². The molecule has 4 nitrogen and oxygen atoms in total. The van der Waals surface area contributed by atoms with Crippen molar-refractivity contribution in [1.82, 2.24) is 4.90 Å². The molecule has 1 amide bonds. The number of amides is 1. The second-order valence-corrected chi connectivity index (χ2v) is 3.86. The molecule has 0 aromatic rings. The Morgan fingerprint density at radius 3 is 2.69 bits per heavy atom. The van der Waals surface area contributed by atoms with Crippen LogP contribution in [0.5, 0.6) is 0 Å². The monoisotopic (exact) mass is 189 g/mol. The molecule has 4 atom stereocenters. The van der Waals surface area contributed by atoms with E-state index in [9.17, 15) is 14.3 Å². The van der Waals surface area contributed by atoms with E-state index in [4.69, 9.17) is 5.11 Å². The lowest BCUT2D eigenvalue weighted by molar-refractivity contribution is 0.0762. The molecule has 2 N–H and O–H groups in total. The molecule has 74 valence electrons. The van der Waals surface area contributed by atoms with Gasteiger partial charge in [0.1, 0.15) is 6.17 Å². The van der Waals surface area contributed by atoms with Crippen LogP contribution in [0.1, 0.15) is 6.42 Å². The van der Waals surface area contributed by atoms with Gasteiger partial charge in [-0.15, -0.1) is 0 Å². The second kappa shape index (κ2) is 2.83. The number of alkyl halides is 1. The summed E-state index contributed by atoms with van der Waals surface area (Å²) in [6, 6.07) is 0. The van der Waals surface area contributed by atoms with Gasteiger partial charge in [0, 0.05) is 19.0 Å². The van der Waals surface area contributed by atoms with Crippen LogP contribution in [-0.2, 0) is 0 Å². The lowest BCUT2D eigenvalue weighted by Gasteiger charge is -2.15. The molecule has 1 heterocycles. The van der Waals surface area contributed by atoms with E-state index in [1.165, 1.54) is 4.90 Å². The first-order chi connectivity index (χ1) is 6.09. The summed E-state index contributed by atoms with van der Waals surface area (Å²) in [6.45, 7) is 0.607. The van der Waals surface area contributed by atoms with Gasteiger partial charge in [0.15, 0.2) is 0 Å². The highest BCUT2D eigenvalue weighted by atomic mass is 19.1. The third-order valence-electron chi connectivity index (χ3n) is 3.08. The fourth-order valence-electron chi connectivity index (χ4n) is 2.39. The van der Waals surface area contributed by atoms with Crippen LogP contribution in [0, 0.1) is 11.8 Å². The van der Waals surface area contributed by atoms with Crippen LogP contribution in [0.3, 0.4) is 0 Å². The first-order valence-electron chi connectivity index (χ1n) is 4.39. The van der Waals surface area contributed by atoms with Gasteiger partial charge in [-0.05, 0) is 12.3 Å². The summed E-state index contributed by atoms with van der Waals surface area (Å²) < 4.78 is 13.2.